The van der Waals surface area contributed by atoms with Gasteiger partial charge in [-0.2, -0.15) is 0 Å². The van der Waals surface area contributed by atoms with E-state index in [-0.39, 0.29) is 0 Å². The summed E-state index contributed by atoms with van der Waals surface area (Å²) in [7, 11) is 0. The van der Waals surface area contributed by atoms with Crippen molar-refractivity contribution in [3.05, 3.63) is 30.3 Å². The zero-order valence-electron chi connectivity index (χ0n) is 7.33. The second-order valence-electron chi connectivity index (χ2n) is 2.77. The van der Waals surface area contributed by atoms with Crippen LogP contribution in [0.2, 0.25) is 5.21 Å². The molecule has 0 aromatic heterocycles. The van der Waals surface area contributed by atoms with Crippen LogP contribution >= 0.6 is 13.9 Å². The molecule has 0 spiro atoms. The summed E-state index contributed by atoms with van der Waals surface area (Å²) in [6.07, 6.45) is 2.67. The summed E-state index contributed by atoms with van der Waals surface area (Å²) in [6.45, 7) is 2.25. The van der Waals surface area contributed by atoms with E-state index in [1.165, 1.54) is 18.1 Å². The molecule has 1 rings (SSSR count). The molecule has 0 amide bonds. The summed E-state index contributed by atoms with van der Waals surface area (Å²) < 4.78 is 1.54. The van der Waals surface area contributed by atoms with Gasteiger partial charge in [0, 0.05) is 0 Å². The standard InChI is InChI=1S/C10H14AsBr/c1-2-3-9-11(12)10-7-5-4-6-8-10/h4-8H,2-3,9H2,1H3. The first kappa shape index (κ1) is 10.3. The van der Waals surface area contributed by atoms with Crippen LogP contribution in [-0.2, 0) is 0 Å². The van der Waals surface area contributed by atoms with Gasteiger partial charge in [0.2, 0.25) is 0 Å². The molecule has 0 saturated carbocycles. The third-order valence-electron chi connectivity index (χ3n) is 1.74. The molecule has 1 atom stereocenters. The van der Waals surface area contributed by atoms with Crippen molar-refractivity contribution in [2.75, 3.05) is 0 Å². The van der Waals surface area contributed by atoms with E-state index in [9.17, 15) is 0 Å². The number of halogens is 1. The maximum absolute atomic E-state index is 3.83. The van der Waals surface area contributed by atoms with E-state index >= 15 is 0 Å². The second kappa shape index (κ2) is 5.83. The van der Waals surface area contributed by atoms with Gasteiger partial charge in [0.05, 0.1) is 0 Å². The van der Waals surface area contributed by atoms with Gasteiger partial charge < -0.3 is 0 Å². The van der Waals surface area contributed by atoms with E-state index in [2.05, 4.69) is 51.2 Å². The van der Waals surface area contributed by atoms with Crippen molar-refractivity contribution in [3.8, 4) is 0 Å². The van der Waals surface area contributed by atoms with Gasteiger partial charge in [0.15, 0.2) is 0 Å². The summed E-state index contributed by atoms with van der Waals surface area (Å²) in [5.74, 6) is 0. The molecule has 0 aliphatic rings. The van der Waals surface area contributed by atoms with Gasteiger partial charge in [-0.1, -0.05) is 0 Å². The molecule has 0 bridgehead atoms. The molecule has 0 nitrogen and oxygen atoms in total. The zero-order valence-corrected chi connectivity index (χ0v) is 10.8. The van der Waals surface area contributed by atoms with Crippen LogP contribution in [-0.4, -0.2) is 12.8 Å². The Morgan fingerprint density at radius 2 is 1.92 bits per heavy atom. The molecule has 1 aromatic rings. The van der Waals surface area contributed by atoms with Crippen LogP contribution < -0.4 is 4.35 Å². The monoisotopic (exact) mass is 288 g/mol. The molecule has 0 N–H and O–H groups in total. The fourth-order valence-electron chi connectivity index (χ4n) is 1.02. The summed E-state index contributed by atoms with van der Waals surface area (Å²) in [5, 5.41) is 1.38. The predicted molar refractivity (Wildman–Crippen MR) is 60.5 cm³/mol. The summed E-state index contributed by atoms with van der Waals surface area (Å²) in [4.78, 5) is 0. The quantitative estimate of drug-likeness (QED) is 0.747. The minimum atomic E-state index is -0.831. The average Bonchev–Trinajstić information content (AvgIpc) is 2.15. The molecule has 1 aromatic carbocycles. The third-order valence-corrected chi connectivity index (χ3v) is 9.00. The van der Waals surface area contributed by atoms with Crippen molar-refractivity contribution in [3.63, 3.8) is 0 Å². The van der Waals surface area contributed by atoms with E-state index in [1.807, 2.05) is 0 Å². The van der Waals surface area contributed by atoms with Crippen molar-refractivity contribution in [1.29, 1.82) is 0 Å². The Kier molecular flexibility index (Phi) is 5.02. The number of unbranched alkanes of at least 4 members (excludes halogenated alkanes) is 1. The first-order chi connectivity index (χ1) is 5.84. The Morgan fingerprint density at radius 1 is 1.25 bits per heavy atom. The van der Waals surface area contributed by atoms with Crippen molar-refractivity contribution in [1.82, 2.24) is 0 Å². The number of hydrogen-bond donors (Lipinski definition) is 0. The fraction of sp³-hybridized carbons (Fsp3) is 0.400. The Morgan fingerprint density at radius 3 is 2.50 bits per heavy atom. The van der Waals surface area contributed by atoms with Gasteiger partial charge in [-0.25, -0.2) is 0 Å². The van der Waals surface area contributed by atoms with E-state index in [1.54, 1.807) is 4.35 Å². The maximum atomic E-state index is 3.83. The number of rotatable bonds is 4. The van der Waals surface area contributed by atoms with Crippen LogP contribution in [0.1, 0.15) is 19.8 Å². The van der Waals surface area contributed by atoms with Gasteiger partial charge in [-0.3, -0.25) is 0 Å². The first-order valence-corrected chi connectivity index (χ1v) is 11.0. The topological polar surface area (TPSA) is 0 Å². The van der Waals surface area contributed by atoms with Gasteiger partial charge in [-0.15, -0.1) is 0 Å². The normalized spacial score (nSPS) is 12.8. The zero-order chi connectivity index (χ0) is 8.81. The van der Waals surface area contributed by atoms with E-state index in [0.29, 0.717) is 0 Å². The van der Waals surface area contributed by atoms with E-state index in [0.717, 1.165) is 0 Å². The van der Waals surface area contributed by atoms with E-state index < -0.39 is 12.8 Å². The van der Waals surface area contributed by atoms with Crippen molar-refractivity contribution in [2.45, 2.75) is 25.0 Å². The Hall–Kier alpha value is 0.258. The van der Waals surface area contributed by atoms with Gasteiger partial charge in [0.25, 0.3) is 0 Å². The van der Waals surface area contributed by atoms with Gasteiger partial charge in [-0.05, 0) is 0 Å². The SMILES string of the molecule is CCCC[As](Br)c1ccccc1. The Bertz CT molecular complexity index is 210. The van der Waals surface area contributed by atoms with E-state index in [4.69, 9.17) is 0 Å². The van der Waals surface area contributed by atoms with Crippen LogP contribution in [0.15, 0.2) is 30.3 Å². The molecule has 0 aliphatic heterocycles. The Labute approximate surface area is 86.2 Å². The molecular weight excluding hydrogens is 275 g/mol. The summed E-state index contributed by atoms with van der Waals surface area (Å²) in [5.41, 5.74) is 0. The molecule has 0 saturated heterocycles. The van der Waals surface area contributed by atoms with Gasteiger partial charge in [0.1, 0.15) is 0 Å². The molecule has 12 heavy (non-hydrogen) atoms. The number of benzene rings is 1. The van der Waals surface area contributed by atoms with Crippen LogP contribution in [0, 0.1) is 0 Å². The second-order valence-corrected chi connectivity index (χ2v) is 10.8. The molecule has 2 heteroatoms. The minimum absolute atomic E-state index is 0.831. The third kappa shape index (κ3) is 3.33. The summed E-state index contributed by atoms with van der Waals surface area (Å²) >= 11 is 3.00. The van der Waals surface area contributed by atoms with Crippen LogP contribution in [0.25, 0.3) is 0 Å². The van der Waals surface area contributed by atoms with Gasteiger partial charge >= 0.3 is 86.4 Å². The molecule has 0 heterocycles. The van der Waals surface area contributed by atoms with Crippen molar-refractivity contribution >= 4 is 31.1 Å². The number of hydrogen-bond acceptors (Lipinski definition) is 0. The first-order valence-electron chi connectivity index (χ1n) is 4.33. The fourth-order valence-corrected chi connectivity index (χ4v) is 6.37. The molecule has 0 fully saturated rings. The Balaban J connectivity index is 2.48. The van der Waals surface area contributed by atoms with Crippen LogP contribution in [0.4, 0.5) is 0 Å². The van der Waals surface area contributed by atoms with Crippen LogP contribution in [0.5, 0.6) is 0 Å². The molecule has 66 valence electrons. The summed E-state index contributed by atoms with van der Waals surface area (Å²) in [6, 6.07) is 10.8. The molecular formula is C10H14AsBr. The average molecular weight is 289 g/mol. The van der Waals surface area contributed by atoms with Crippen LogP contribution in [0.3, 0.4) is 0 Å². The molecule has 0 radical (unpaired) electrons. The molecule has 0 aliphatic carbocycles. The predicted octanol–water partition coefficient (Wildman–Crippen LogP) is 3.08. The molecule has 1 unspecified atom stereocenters. The van der Waals surface area contributed by atoms with Crippen molar-refractivity contribution < 1.29 is 0 Å². The van der Waals surface area contributed by atoms with Crippen molar-refractivity contribution in [2.24, 2.45) is 0 Å².